The van der Waals surface area contributed by atoms with Crippen molar-refractivity contribution < 1.29 is 9.47 Å². The van der Waals surface area contributed by atoms with Crippen molar-refractivity contribution in [3.05, 3.63) is 77.3 Å². The minimum atomic E-state index is -0.613. The van der Waals surface area contributed by atoms with Gasteiger partial charge in [-0.3, -0.25) is 19.2 Å². The highest BCUT2D eigenvalue weighted by atomic mass is 16.5. The van der Waals surface area contributed by atoms with Crippen LogP contribution in [-0.4, -0.2) is 13.2 Å². The molecule has 0 aromatic heterocycles. The van der Waals surface area contributed by atoms with E-state index in [2.05, 4.69) is 0 Å². The van der Waals surface area contributed by atoms with E-state index in [0.29, 0.717) is 35.1 Å². The van der Waals surface area contributed by atoms with Crippen molar-refractivity contribution in [2.45, 2.75) is 39.5 Å². The van der Waals surface area contributed by atoms with Gasteiger partial charge in [-0.05, 0) is 34.7 Å². The van der Waals surface area contributed by atoms with Crippen molar-refractivity contribution >= 4 is 10.8 Å². The zero-order valence-corrected chi connectivity index (χ0v) is 18.2. The van der Waals surface area contributed by atoms with E-state index >= 15 is 0 Å². The lowest BCUT2D eigenvalue weighted by Gasteiger charge is -2.18. The molecule has 0 N–H and O–H groups in total. The first kappa shape index (κ1) is 21.7. The molecular weight excluding hydrogens is 408 g/mol. The monoisotopic (exact) mass is 432 g/mol. The molecule has 0 heterocycles. The second kappa shape index (κ2) is 8.91. The molecule has 0 unspecified atom stereocenters. The first-order chi connectivity index (χ1) is 15.5. The Kier molecular flexibility index (Phi) is 6.04. The Morgan fingerprint density at radius 2 is 1.00 bits per heavy atom. The lowest BCUT2D eigenvalue weighted by molar-refractivity contribution is 0.304. The van der Waals surface area contributed by atoms with Gasteiger partial charge in [0.25, 0.3) is 10.9 Å². The predicted octanol–water partition coefficient (Wildman–Crippen LogP) is 3.72. The smallest absolute Gasteiger partial charge is 0.268 e. The minimum Gasteiger partial charge on any atom is -0.489 e. The van der Waals surface area contributed by atoms with E-state index in [0.717, 1.165) is 25.7 Å². The molecule has 4 aromatic rings. The maximum atomic E-state index is 12.4. The van der Waals surface area contributed by atoms with Crippen LogP contribution in [0.15, 0.2) is 55.6 Å². The summed E-state index contributed by atoms with van der Waals surface area (Å²) in [5.74, 6) is 0.193. The average Bonchev–Trinajstić information content (AvgIpc) is 2.82. The number of ether oxygens (including phenoxy) is 2. The van der Waals surface area contributed by atoms with Gasteiger partial charge >= 0.3 is 0 Å². The summed E-state index contributed by atoms with van der Waals surface area (Å²) in [5, 5.41) is 1.40. The van der Waals surface area contributed by atoms with Gasteiger partial charge in [0.05, 0.1) is 24.3 Å². The lowest BCUT2D eigenvalue weighted by atomic mass is 9.88. The highest BCUT2D eigenvalue weighted by Crippen LogP contribution is 2.38. The third-order valence-electron chi connectivity index (χ3n) is 5.68. The van der Waals surface area contributed by atoms with Crippen LogP contribution in [-0.2, 0) is 0 Å². The fourth-order valence-electron chi connectivity index (χ4n) is 3.88. The van der Waals surface area contributed by atoms with E-state index in [1.54, 1.807) is 12.1 Å². The van der Waals surface area contributed by atoms with E-state index in [1.165, 1.54) is 0 Å². The second-order valence-electron chi connectivity index (χ2n) is 7.84. The van der Waals surface area contributed by atoms with E-state index in [9.17, 15) is 19.2 Å². The summed E-state index contributed by atoms with van der Waals surface area (Å²) in [5.41, 5.74) is -0.701. The van der Waals surface area contributed by atoms with E-state index < -0.39 is 21.7 Å². The van der Waals surface area contributed by atoms with Gasteiger partial charge < -0.3 is 9.47 Å². The Bertz CT molecular complexity index is 1320. The van der Waals surface area contributed by atoms with Gasteiger partial charge in [0.1, 0.15) is 0 Å². The zero-order chi connectivity index (χ0) is 22.8. The number of hydrogen-bond donors (Lipinski definition) is 0. The average molecular weight is 432 g/mol. The Labute approximate surface area is 184 Å². The maximum absolute atomic E-state index is 12.4. The molecule has 0 bridgehead atoms. The fraction of sp³-hybridized carbons (Fsp3) is 0.308. The van der Waals surface area contributed by atoms with Crippen molar-refractivity contribution in [1.82, 2.24) is 0 Å². The van der Waals surface area contributed by atoms with Crippen molar-refractivity contribution in [3.8, 4) is 33.8 Å². The topological polar surface area (TPSA) is 86.7 Å². The Balaban J connectivity index is 1.82. The third-order valence-corrected chi connectivity index (χ3v) is 5.68. The molecule has 0 amide bonds. The second-order valence-corrected chi connectivity index (χ2v) is 7.84. The van der Waals surface area contributed by atoms with Gasteiger partial charge in [-0.25, -0.2) is 0 Å². The van der Waals surface area contributed by atoms with Crippen LogP contribution in [0, 0.1) is 0 Å². The molecule has 4 aromatic carbocycles. The van der Waals surface area contributed by atoms with Crippen LogP contribution < -0.4 is 31.2 Å². The van der Waals surface area contributed by atoms with E-state index in [-0.39, 0.29) is 22.6 Å². The normalized spacial score (nSPS) is 11.4. The molecule has 0 radical (unpaired) electrons. The fourth-order valence-corrected chi connectivity index (χ4v) is 3.88. The van der Waals surface area contributed by atoms with E-state index in [4.69, 9.17) is 9.47 Å². The third kappa shape index (κ3) is 3.45. The molecule has 0 aliphatic rings. The standard InChI is InChI=1S/C26H24O6/c1-3-5-13-31-25-19(21(27)23(25)29)17-11-12-18(16-10-8-7-9-15(16)17)20-22(28)24(30)26(20)32-14-6-4-2/h7-12H,3-6,13-14H2,1-2H3. The van der Waals surface area contributed by atoms with Crippen LogP contribution in [0.5, 0.6) is 11.5 Å². The van der Waals surface area contributed by atoms with Crippen LogP contribution in [0.4, 0.5) is 0 Å². The van der Waals surface area contributed by atoms with Gasteiger partial charge in [0.2, 0.25) is 10.9 Å². The largest absolute Gasteiger partial charge is 0.489 e. The molecule has 0 atom stereocenters. The molecule has 0 aliphatic heterocycles. The predicted molar refractivity (Wildman–Crippen MR) is 125 cm³/mol. The number of benzene rings is 2. The number of rotatable bonds is 10. The maximum Gasteiger partial charge on any atom is 0.268 e. The van der Waals surface area contributed by atoms with Crippen LogP contribution >= 0.6 is 0 Å². The summed E-state index contributed by atoms with van der Waals surface area (Å²) in [6.45, 7) is 4.76. The summed E-state index contributed by atoms with van der Waals surface area (Å²) in [7, 11) is 0. The van der Waals surface area contributed by atoms with E-state index in [1.807, 2.05) is 38.1 Å². The first-order valence-corrected chi connectivity index (χ1v) is 11.0. The van der Waals surface area contributed by atoms with Crippen LogP contribution in [0.3, 0.4) is 0 Å². The molecule has 32 heavy (non-hydrogen) atoms. The number of unbranched alkanes of at least 4 members (excludes halogenated alkanes) is 2. The number of fused-ring (bicyclic) bond motifs is 1. The van der Waals surface area contributed by atoms with Crippen molar-refractivity contribution in [2.75, 3.05) is 13.2 Å². The Morgan fingerprint density at radius 3 is 1.38 bits per heavy atom. The van der Waals surface area contributed by atoms with Crippen LogP contribution in [0.1, 0.15) is 39.5 Å². The molecule has 0 saturated carbocycles. The highest BCUT2D eigenvalue weighted by Gasteiger charge is 2.28. The van der Waals surface area contributed by atoms with Crippen molar-refractivity contribution in [1.29, 1.82) is 0 Å². The molecule has 0 fully saturated rings. The Morgan fingerprint density at radius 1 is 0.594 bits per heavy atom. The molecular formula is C26H24O6. The van der Waals surface area contributed by atoms with Gasteiger partial charge in [0, 0.05) is 0 Å². The van der Waals surface area contributed by atoms with Gasteiger partial charge in [-0.15, -0.1) is 0 Å². The molecule has 164 valence electrons. The first-order valence-electron chi connectivity index (χ1n) is 11.0. The summed E-state index contributed by atoms with van der Waals surface area (Å²) in [4.78, 5) is 49.1. The molecule has 0 spiro atoms. The summed E-state index contributed by atoms with van der Waals surface area (Å²) in [6, 6.07) is 10.7. The molecule has 0 saturated heterocycles. The summed E-state index contributed by atoms with van der Waals surface area (Å²) < 4.78 is 11.2. The van der Waals surface area contributed by atoms with Crippen molar-refractivity contribution in [3.63, 3.8) is 0 Å². The lowest BCUT2D eigenvalue weighted by Crippen LogP contribution is -2.35. The minimum absolute atomic E-state index is 0.0963. The quantitative estimate of drug-likeness (QED) is 0.280. The molecule has 0 aliphatic carbocycles. The highest BCUT2D eigenvalue weighted by molar-refractivity contribution is 6.07. The van der Waals surface area contributed by atoms with Gasteiger partial charge in [-0.1, -0.05) is 63.1 Å². The molecule has 4 rings (SSSR count). The SMILES string of the molecule is CCCCOc1c(-c2ccc(-c3c(OCCCC)c(=O)c3=O)c3ccccc23)c(=O)c1=O. The molecule has 6 nitrogen and oxygen atoms in total. The van der Waals surface area contributed by atoms with Crippen LogP contribution in [0.2, 0.25) is 0 Å². The molecule has 6 heteroatoms. The summed E-state index contributed by atoms with van der Waals surface area (Å²) in [6.07, 6.45) is 3.38. The zero-order valence-electron chi connectivity index (χ0n) is 18.2. The van der Waals surface area contributed by atoms with Crippen LogP contribution in [0.25, 0.3) is 33.0 Å². The summed E-state index contributed by atoms with van der Waals surface area (Å²) >= 11 is 0. The van der Waals surface area contributed by atoms with Crippen molar-refractivity contribution in [2.24, 2.45) is 0 Å². The van der Waals surface area contributed by atoms with Gasteiger partial charge in [0.15, 0.2) is 11.5 Å². The number of hydrogen-bond acceptors (Lipinski definition) is 6. The van der Waals surface area contributed by atoms with Gasteiger partial charge in [-0.2, -0.15) is 0 Å². The Hall–Kier alpha value is -3.54.